The molecule has 1 aliphatic rings. The molecule has 0 N–H and O–H groups in total. The minimum Gasteiger partial charge on any atom is -0.299 e. The van der Waals surface area contributed by atoms with Crippen LogP contribution < -0.4 is 0 Å². The number of aromatic nitrogens is 1. The van der Waals surface area contributed by atoms with Gasteiger partial charge in [-0.15, -0.1) is 0 Å². The van der Waals surface area contributed by atoms with Crippen molar-refractivity contribution in [2.75, 3.05) is 13.6 Å². The van der Waals surface area contributed by atoms with Gasteiger partial charge in [0.05, 0.1) is 0 Å². The molecule has 1 fully saturated rings. The molecule has 2 heterocycles. The van der Waals surface area contributed by atoms with Crippen molar-refractivity contribution in [2.45, 2.75) is 18.9 Å². The van der Waals surface area contributed by atoms with Gasteiger partial charge in [-0.25, -0.2) is 0 Å². The molecule has 74 valence electrons. The zero-order valence-electron chi connectivity index (χ0n) is 8.31. The Morgan fingerprint density at radius 2 is 2.43 bits per heavy atom. The average molecular weight is 190 g/mol. The van der Waals surface area contributed by atoms with E-state index in [1.807, 2.05) is 12.3 Å². The summed E-state index contributed by atoms with van der Waals surface area (Å²) < 4.78 is 0. The zero-order valence-corrected chi connectivity index (χ0v) is 8.31. The highest BCUT2D eigenvalue weighted by Crippen LogP contribution is 2.29. The van der Waals surface area contributed by atoms with Crippen molar-refractivity contribution in [3.05, 3.63) is 29.6 Å². The highest BCUT2D eigenvalue weighted by Gasteiger charge is 2.22. The van der Waals surface area contributed by atoms with Crippen molar-refractivity contribution in [3.8, 4) is 0 Å². The summed E-state index contributed by atoms with van der Waals surface area (Å²) in [4.78, 5) is 16.8. The van der Waals surface area contributed by atoms with Gasteiger partial charge >= 0.3 is 0 Å². The fourth-order valence-electron chi connectivity index (χ4n) is 2.01. The topological polar surface area (TPSA) is 33.2 Å². The lowest BCUT2D eigenvalue weighted by atomic mass is 10.1. The van der Waals surface area contributed by atoms with Crippen molar-refractivity contribution < 1.29 is 4.79 Å². The first-order valence-corrected chi connectivity index (χ1v) is 4.92. The standard InChI is InChI=1S/C11H14N2O/c1-13-6-2-3-11(13)9-4-5-10(8-14)12-7-9/h4-5,7-8,11H,2-3,6H2,1H3. The van der Waals surface area contributed by atoms with Crippen LogP contribution in [0.15, 0.2) is 18.3 Å². The van der Waals surface area contributed by atoms with E-state index in [1.165, 1.54) is 18.4 Å². The van der Waals surface area contributed by atoms with Crippen LogP contribution in [0.5, 0.6) is 0 Å². The van der Waals surface area contributed by atoms with E-state index in [2.05, 4.69) is 16.9 Å². The fourth-order valence-corrected chi connectivity index (χ4v) is 2.01. The van der Waals surface area contributed by atoms with E-state index in [1.54, 1.807) is 6.07 Å². The van der Waals surface area contributed by atoms with Crippen LogP contribution >= 0.6 is 0 Å². The molecule has 2 rings (SSSR count). The van der Waals surface area contributed by atoms with Crippen LogP contribution in [-0.4, -0.2) is 29.8 Å². The second kappa shape index (κ2) is 3.88. The number of carbonyl (C=O) groups is 1. The van der Waals surface area contributed by atoms with Crippen LogP contribution in [0.2, 0.25) is 0 Å². The minimum absolute atomic E-state index is 0.489. The highest BCUT2D eigenvalue weighted by molar-refractivity contribution is 5.71. The summed E-state index contributed by atoms with van der Waals surface area (Å²) in [7, 11) is 2.13. The van der Waals surface area contributed by atoms with Gasteiger partial charge in [-0.2, -0.15) is 0 Å². The third kappa shape index (κ3) is 1.68. The van der Waals surface area contributed by atoms with E-state index < -0.39 is 0 Å². The summed E-state index contributed by atoms with van der Waals surface area (Å²) in [5, 5.41) is 0. The number of nitrogens with zero attached hydrogens (tertiary/aromatic N) is 2. The van der Waals surface area contributed by atoms with Crippen LogP contribution in [0, 0.1) is 0 Å². The number of likely N-dealkylation sites (tertiary alicyclic amines) is 1. The van der Waals surface area contributed by atoms with Gasteiger partial charge in [0.15, 0.2) is 6.29 Å². The summed E-state index contributed by atoms with van der Waals surface area (Å²) >= 11 is 0. The Balaban J connectivity index is 2.19. The van der Waals surface area contributed by atoms with Crippen molar-refractivity contribution in [1.29, 1.82) is 0 Å². The monoisotopic (exact) mass is 190 g/mol. The summed E-state index contributed by atoms with van der Waals surface area (Å²) in [6.45, 7) is 1.15. The molecule has 1 aliphatic heterocycles. The lowest BCUT2D eigenvalue weighted by Crippen LogP contribution is -2.17. The Hall–Kier alpha value is -1.22. The van der Waals surface area contributed by atoms with Gasteiger partial charge in [0, 0.05) is 12.2 Å². The molecule has 14 heavy (non-hydrogen) atoms. The first kappa shape index (κ1) is 9.34. The van der Waals surface area contributed by atoms with Crippen LogP contribution in [0.3, 0.4) is 0 Å². The summed E-state index contributed by atoms with van der Waals surface area (Å²) in [5.41, 5.74) is 1.73. The maximum absolute atomic E-state index is 10.4. The van der Waals surface area contributed by atoms with Gasteiger partial charge in [-0.3, -0.25) is 14.7 Å². The molecule has 0 bridgehead atoms. The zero-order chi connectivity index (χ0) is 9.97. The minimum atomic E-state index is 0.489. The normalized spacial score (nSPS) is 22.5. The molecule has 1 aromatic heterocycles. The van der Waals surface area contributed by atoms with Crippen LogP contribution in [0.25, 0.3) is 0 Å². The van der Waals surface area contributed by atoms with Gasteiger partial charge in [0.2, 0.25) is 0 Å². The predicted octanol–water partition coefficient (Wildman–Crippen LogP) is 1.66. The number of hydrogen-bond acceptors (Lipinski definition) is 3. The number of aldehydes is 1. The number of pyridine rings is 1. The van der Waals surface area contributed by atoms with Gasteiger partial charge in [-0.1, -0.05) is 6.07 Å². The number of carbonyl (C=O) groups excluding carboxylic acids is 1. The van der Waals surface area contributed by atoms with Gasteiger partial charge in [0.1, 0.15) is 5.69 Å². The van der Waals surface area contributed by atoms with E-state index in [0.717, 1.165) is 12.8 Å². The van der Waals surface area contributed by atoms with Crippen LogP contribution in [0.4, 0.5) is 0 Å². The lowest BCUT2D eigenvalue weighted by molar-refractivity contribution is 0.111. The third-order valence-electron chi connectivity index (χ3n) is 2.84. The Morgan fingerprint density at radius 3 is 2.93 bits per heavy atom. The summed E-state index contributed by atoms with van der Waals surface area (Å²) in [6.07, 6.45) is 5.04. The molecule has 0 saturated carbocycles. The second-order valence-corrected chi connectivity index (χ2v) is 3.77. The molecule has 1 saturated heterocycles. The van der Waals surface area contributed by atoms with Crippen molar-refractivity contribution in [2.24, 2.45) is 0 Å². The molecule has 0 aliphatic carbocycles. The Bertz CT molecular complexity index is 321. The number of hydrogen-bond donors (Lipinski definition) is 0. The highest BCUT2D eigenvalue weighted by atomic mass is 16.1. The molecule has 3 nitrogen and oxygen atoms in total. The smallest absolute Gasteiger partial charge is 0.168 e. The molecule has 0 aromatic carbocycles. The predicted molar refractivity (Wildman–Crippen MR) is 54.2 cm³/mol. The molecule has 0 spiro atoms. The summed E-state index contributed by atoms with van der Waals surface area (Å²) in [5.74, 6) is 0. The van der Waals surface area contributed by atoms with Gasteiger partial charge < -0.3 is 0 Å². The third-order valence-corrected chi connectivity index (χ3v) is 2.84. The second-order valence-electron chi connectivity index (χ2n) is 3.77. The Kier molecular flexibility index (Phi) is 2.59. The molecule has 3 heteroatoms. The van der Waals surface area contributed by atoms with Crippen LogP contribution in [0.1, 0.15) is 34.9 Å². The largest absolute Gasteiger partial charge is 0.299 e. The van der Waals surface area contributed by atoms with Gasteiger partial charge in [0.25, 0.3) is 0 Å². The Morgan fingerprint density at radius 1 is 1.57 bits per heavy atom. The maximum atomic E-state index is 10.4. The molecule has 1 unspecified atom stereocenters. The van der Waals surface area contributed by atoms with Crippen LogP contribution in [-0.2, 0) is 0 Å². The fraction of sp³-hybridized carbons (Fsp3) is 0.455. The van der Waals surface area contributed by atoms with E-state index in [0.29, 0.717) is 11.7 Å². The molecular weight excluding hydrogens is 176 g/mol. The molecule has 0 radical (unpaired) electrons. The van der Waals surface area contributed by atoms with Crippen molar-refractivity contribution in [3.63, 3.8) is 0 Å². The Labute approximate surface area is 83.8 Å². The maximum Gasteiger partial charge on any atom is 0.168 e. The molecule has 1 aromatic rings. The lowest BCUT2D eigenvalue weighted by Gasteiger charge is -2.19. The number of rotatable bonds is 2. The first-order chi connectivity index (χ1) is 6.81. The van der Waals surface area contributed by atoms with E-state index in [4.69, 9.17) is 0 Å². The molecular formula is C11H14N2O. The van der Waals surface area contributed by atoms with E-state index in [9.17, 15) is 4.79 Å². The van der Waals surface area contributed by atoms with E-state index in [-0.39, 0.29) is 0 Å². The molecule has 1 atom stereocenters. The van der Waals surface area contributed by atoms with Crippen molar-refractivity contribution >= 4 is 6.29 Å². The average Bonchev–Trinajstić information content (AvgIpc) is 2.65. The summed E-state index contributed by atoms with van der Waals surface area (Å²) in [6, 6.07) is 4.28. The quantitative estimate of drug-likeness (QED) is 0.665. The SMILES string of the molecule is CN1CCCC1c1ccc(C=O)nc1. The van der Waals surface area contributed by atoms with E-state index >= 15 is 0 Å². The van der Waals surface area contributed by atoms with Gasteiger partial charge in [-0.05, 0) is 38.1 Å². The first-order valence-electron chi connectivity index (χ1n) is 4.92. The van der Waals surface area contributed by atoms with Crippen molar-refractivity contribution in [1.82, 2.24) is 9.88 Å². The molecule has 0 amide bonds.